The Bertz CT molecular complexity index is 1830. The van der Waals surface area contributed by atoms with Gasteiger partial charge in [0.25, 0.3) is 5.91 Å². The van der Waals surface area contributed by atoms with Crippen molar-refractivity contribution in [3.05, 3.63) is 92.9 Å². The van der Waals surface area contributed by atoms with Crippen LogP contribution in [-0.2, 0) is 0 Å². The highest BCUT2D eigenvalue weighted by Crippen LogP contribution is 2.53. The molecule has 4 aromatic rings. The van der Waals surface area contributed by atoms with Gasteiger partial charge in [-0.3, -0.25) is 19.3 Å². The zero-order chi connectivity index (χ0) is 28.7. The number of nitrogens with zero attached hydrogens (tertiary/aromatic N) is 4. The first-order valence-corrected chi connectivity index (χ1v) is 15.3. The van der Waals surface area contributed by atoms with Gasteiger partial charge in [0.2, 0.25) is 5.43 Å². The van der Waals surface area contributed by atoms with Crippen LogP contribution in [0, 0.1) is 17.0 Å². The van der Waals surface area contributed by atoms with Crippen LogP contribution in [0.25, 0.3) is 21.7 Å². The fourth-order valence-corrected chi connectivity index (χ4v) is 8.71. The number of piperidine rings is 1. The van der Waals surface area contributed by atoms with Gasteiger partial charge in [0.1, 0.15) is 6.17 Å². The van der Waals surface area contributed by atoms with Crippen LogP contribution in [0.4, 0.5) is 8.78 Å². The molecule has 0 radical (unpaired) electrons. The molecule has 7 nitrogen and oxygen atoms in total. The van der Waals surface area contributed by atoms with E-state index in [9.17, 15) is 19.1 Å². The van der Waals surface area contributed by atoms with Crippen LogP contribution in [0.2, 0.25) is 0 Å². The number of aromatic nitrogens is 2. The van der Waals surface area contributed by atoms with E-state index in [2.05, 4.69) is 4.98 Å². The van der Waals surface area contributed by atoms with E-state index < -0.39 is 40.9 Å². The summed E-state index contributed by atoms with van der Waals surface area (Å²) < 4.78 is 32.4. The lowest BCUT2D eigenvalue weighted by atomic mass is 9.67. The molecule has 2 atom stereocenters. The topological polar surface area (TPSA) is 78.7 Å². The fourth-order valence-electron chi connectivity index (χ4n) is 7.86. The molecular formula is C32H28F2N4O3S. The number of fused-ring (bicyclic) bond motifs is 7. The van der Waals surface area contributed by atoms with E-state index in [1.807, 2.05) is 29.3 Å². The highest BCUT2D eigenvalue weighted by atomic mass is 32.1. The molecule has 4 aliphatic rings. The zero-order valence-electron chi connectivity index (χ0n) is 22.7. The van der Waals surface area contributed by atoms with Gasteiger partial charge in [-0.1, -0.05) is 49.6 Å². The summed E-state index contributed by atoms with van der Waals surface area (Å²) in [7, 11) is 0. The van der Waals surface area contributed by atoms with Gasteiger partial charge in [-0.25, -0.2) is 13.8 Å². The van der Waals surface area contributed by atoms with Crippen molar-refractivity contribution in [1.82, 2.24) is 14.6 Å². The number of halogens is 2. The number of carbonyl (C=O) groups is 1. The smallest absolute Gasteiger partial charge is 0.278 e. The number of hydrogen-bond donors (Lipinski definition) is 1. The van der Waals surface area contributed by atoms with Crippen molar-refractivity contribution in [2.24, 2.45) is 5.41 Å². The van der Waals surface area contributed by atoms with Crippen molar-refractivity contribution in [2.75, 3.05) is 11.6 Å². The molecule has 4 heterocycles. The number of pyridine rings is 1. The monoisotopic (exact) mass is 586 g/mol. The third-order valence-corrected chi connectivity index (χ3v) is 10.7. The van der Waals surface area contributed by atoms with E-state index in [1.54, 1.807) is 21.2 Å². The van der Waals surface area contributed by atoms with Crippen molar-refractivity contribution < 1.29 is 18.7 Å². The lowest BCUT2D eigenvalue weighted by Gasteiger charge is -2.56. The second kappa shape index (κ2) is 9.22. The number of amides is 1. The first-order chi connectivity index (χ1) is 20.4. The summed E-state index contributed by atoms with van der Waals surface area (Å²) >= 11 is 1.37. The molecule has 1 saturated carbocycles. The zero-order valence-corrected chi connectivity index (χ0v) is 23.5. The average Bonchev–Trinajstić information content (AvgIpc) is 3.44. The molecule has 2 aromatic carbocycles. The van der Waals surface area contributed by atoms with Crippen molar-refractivity contribution in [2.45, 2.75) is 57.2 Å². The van der Waals surface area contributed by atoms with E-state index in [1.165, 1.54) is 30.0 Å². The molecule has 10 heteroatoms. The summed E-state index contributed by atoms with van der Waals surface area (Å²) in [6, 6.07) is 11.1. The molecule has 2 aliphatic heterocycles. The van der Waals surface area contributed by atoms with Crippen LogP contribution in [0.5, 0.6) is 5.75 Å². The van der Waals surface area contributed by atoms with Crippen LogP contribution >= 0.6 is 11.3 Å². The molecule has 1 amide bonds. The molecular weight excluding hydrogens is 558 g/mol. The molecule has 2 fully saturated rings. The van der Waals surface area contributed by atoms with Crippen molar-refractivity contribution >= 4 is 17.2 Å². The van der Waals surface area contributed by atoms with E-state index in [0.717, 1.165) is 54.2 Å². The Hall–Kier alpha value is -4.05. The third-order valence-electron chi connectivity index (χ3n) is 9.83. The van der Waals surface area contributed by atoms with Crippen molar-refractivity contribution in [3.63, 3.8) is 0 Å². The Morgan fingerprint density at radius 3 is 2.62 bits per heavy atom. The number of hydrogen-bond acceptors (Lipinski definition) is 6. The molecule has 8 rings (SSSR count). The summed E-state index contributed by atoms with van der Waals surface area (Å²) in [4.78, 5) is 33.6. The van der Waals surface area contributed by atoms with Gasteiger partial charge >= 0.3 is 0 Å². The van der Waals surface area contributed by atoms with Gasteiger partial charge in [0, 0.05) is 24.4 Å². The standard InChI is InChI=1S/C32H28F2N4O3S/c33-21-9-8-20-24(25(21)34)26-30(42-17-35-26)19-7-3-2-6-18(19)27(20)38-23-16-32(11-4-1-5-12-32)13-15-36(23)31(41)28-29(40)22(39)10-14-37(28)38/h2-3,6-10,14,17,23,27,40H,1,4-5,11-13,15-16H2/t23-,27-/m1/s1. The predicted octanol–water partition coefficient (Wildman–Crippen LogP) is 6.19. The highest BCUT2D eigenvalue weighted by molar-refractivity contribution is 7.13. The van der Waals surface area contributed by atoms with Crippen LogP contribution in [0.3, 0.4) is 0 Å². The third kappa shape index (κ3) is 3.50. The summed E-state index contributed by atoms with van der Waals surface area (Å²) in [6.45, 7) is 0.483. The van der Waals surface area contributed by atoms with Gasteiger partial charge in [-0.2, -0.15) is 0 Å². The summed E-state index contributed by atoms with van der Waals surface area (Å²) in [6.07, 6.45) is 8.23. The van der Waals surface area contributed by atoms with Gasteiger partial charge < -0.3 is 10.0 Å². The molecule has 42 heavy (non-hydrogen) atoms. The minimum Gasteiger partial charge on any atom is -0.502 e. The number of rotatable bonds is 1. The number of aromatic hydroxyl groups is 1. The average molecular weight is 587 g/mol. The SMILES string of the molecule is O=C1c2c(O)c(=O)ccn2N([C@@H]2c3ccccc3-c3scnc3-c3c2ccc(F)c3F)[C@@H]2CC3(CCCCC3)CCN12. The quantitative estimate of drug-likeness (QED) is 0.288. The molecule has 0 bridgehead atoms. The van der Waals surface area contributed by atoms with Gasteiger partial charge in [0.05, 0.1) is 22.1 Å². The fraction of sp³-hybridized carbons (Fsp3) is 0.344. The Morgan fingerprint density at radius 2 is 1.79 bits per heavy atom. The Kier molecular flexibility index (Phi) is 5.63. The van der Waals surface area contributed by atoms with Crippen LogP contribution in [-0.4, -0.2) is 38.3 Å². The lowest BCUT2D eigenvalue weighted by molar-refractivity contribution is 0.00219. The second-order valence-electron chi connectivity index (χ2n) is 11.9. The molecule has 1 saturated heterocycles. The number of carbonyl (C=O) groups excluding carboxylic acids is 1. The number of benzene rings is 2. The molecule has 0 unspecified atom stereocenters. The normalized spacial score (nSPS) is 22.1. The number of thiazole rings is 1. The molecule has 1 N–H and O–H groups in total. The predicted molar refractivity (Wildman–Crippen MR) is 155 cm³/mol. The summed E-state index contributed by atoms with van der Waals surface area (Å²) in [5, 5.41) is 13.0. The maximum Gasteiger partial charge on any atom is 0.278 e. The first kappa shape index (κ1) is 25.6. The van der Waals surface area contributed by atoms with E-state index in [-0.39, 0.29) is 16.7 Å². The Labute approximate surface area is 244 Å². The molecule has 2 aliphatic carbocycles. The van der Waals surface area contributed by atoms with E-state index in [4.69, 9.17) is 0 Å². The van der Waals surface area contributed by atoms with Crippen molar-refractivity contribution in [1.29, 1.82) is 0 Å². The summed E-state index contributed by atoms with van der Waals surface area (Å²) in [5.41, 5.74) is 3.60. The van der Waals surface area contributed by atoms with Gasteiger partial charge in [-0.05, 0) is 53.9 Å². The highest BCUT2D eigenvalue weighted by Gasteiger charge is 2.51. The Morgan fingerprint density at radius 1 is 0.976 bits per heavy atom. The van der Waals surface area contributed by atoms with Crippen molar-refractivity contribution in [3.8, 4) is 27.4 Å². The largest absolute Gasteiger partial charge is 0.502 e. The van der Waals surface area contributed by atoms with Crippen LogP contribution in [0.1, 0.15) is 72.6 Å². The van der Waals surface area contributed by atoms with E-state index >= 15 is 4.39 Å². The second-order valence-corrected chi connectivity index (χ2v) is 12.8. The maximum atomic E-state index is 15.9. The minimum absolute atomic E-state index is 0.0534. The van der Waals surface area contributed by atoms with Gasteiger partial charge in [0.15, 0.2) is 23.1 Å². The van der Waals surface area contributed by atoms with Crippen LogP contribution in [0.15, 0.2) is 59.0 Å². The molecule has 2 aromatic heterocycles. The first-order valence-electron chi connectivity index (χ1n) is 14.4. The molecule has 1 spiro atoms. The van der Waals surface area contributed by atoms with Gasteiger partial charge in [-0.15, -0.1) is 11.3 Å². The van der Waals surface area contributed by atoms with Crippen LogP contribution < -0.4 is 10.4 Å². The summed E-state index contributed by atoms with van der Waals surface area (Å²) in [5.74, 6) is -2.95. The molecule has 214 valence electrons. The minimum atomic E-state index is -0.974. The Balaban J connectivity index is 1.44. The lowest BCUT2D eigenvalue weighted by Crippen LogP contribution is -2.66. The maximum absolute atomic E-state index is 15.9. The van der Waals surface area contributed by atoms with E-state index in [0.29, 0.717) is 24.2 Å².